The van der Waals surface area contributed by atoms with Crippen molar-refractivity contribution in [1.82, 2.24) is 9.55 Å². The first kappa shape index (κ1) is 16.3. The summed E-state index contributed by atoms with van der Waals surface area (Å²) in [5.74, 6) is 0.177. The van der Waals surface area contributed by atoms with Crippen molar-refractivity contribution < 1.29 is 4.74 Å². The Bertz CT molecular complexity index is 535. The van der Waals surface area contributed by atoms with Crippen molar-refractivity contribution in [3.05, 3.63) is 20.8 Å². The fraction of sp³-hybridized carbons (Fsp3) is 0.692. The summed E-state index contributed by atoms with van der Waals surface area (Å²) in [4.78, 5) is 25.8. The molecule has 0 saturated heterocycles. The van der Waals surface area contributed by atoms with Gasteiger partial charge in [0.1, 0.15) is 11.5 Å². The SMILES string of the molecule is CCCCn1c(N)c(NCC(C)OCC)c(=O)[nH]c1=O. The zero-order chi connectivity index (χ0) is 15.1. The van der Waals surface area contributed by atoms with Crippen LogP contribution in [0.5, 0.6) is 0 Å². The summed E-state index contributed by atoms with van der Waals surface area (Å²) in [6.45, 7) is 7.37. The lowest BCUT2D eigenvalue weighted by atomic mass is 10.3. The third kappa shape index (κ3) is 4.12. The Balaban J connectivity index is 2.95. The highest BCUT2D eigenvalue weighted by molar-refractivity contribution is 5.60. The minimum absolute atomic E-state index is 0.0465. The summed E-state index contributed by atoms with van der Waals surface area (Å²) in [7, 11) is 0. The van der Waals surface area contributed by atoms with E-state index in [2.05, 4.69) is 10.3 Å². The van der Waals surface area contributed by atoms with Crippen molar-refractivity contribution in [2.24, 2.45) is 0 Å². The fourth-order valence-electron chi connectivity index (χ4n) is 1.89. The molecule has 4 N–H and O–H groups in total. The number of H-pyrrole nitrogens is 1. The third-order valence-electron chi connectivity index (χ3n) is 2.99. The van der Waals surface area contributed by atoms with E-state index in [-0.39, 0.29) is 17.6 Å². The third-order valence-corrected chi connectivity index (χ3v) is 2.99. The molecule has 0 bridgehead atoms. The van der Waals surface area contributed by atoms with Crippen molar-refractivity contribution in [3.63, 3.8) is 0 Å². The van der Waals surface area contributed by atoms with E-state index in [0.717, 1.165) is 12.8 Å². The van der Waals surface area contributed by atoms with Crippen LogP contribution in [0.3, 0.4) is 0 Å². The van der Waals surface area contributed by atoms with E-state index in [1.165, 1.54) is 4.57 Å². The molecule has 0 aliphatic carbocycles. The summed E-state index contributed by atoms with van der Waals surface area (Å²) < 4.78 is 6.77. The Kier molecular flexibility index (Phi) is 6.30. The van der Waals surface area contributed by atoms with Crippen LogP contribution in [0.1, 0.15) is 33.6 Å². The first-order chi connectivity index (χ1) is 9.51. The number of nitrogens with two attached hydrogens (primary N) is 1. The van der Waals surface area contributed by atoms with Crippen molar-refractivity contribution in [2.75, 3.05) is 24.2 Å². The van der Waals surface area contributed by atoms with Gasteiger partial charge in [0.05, 0.1) is 6.10 Å². The first-order valence-electron chi connectivity index (χ1n) is 6.99. The molecular formula is C13H24N4O3. The average molecular weight is 284 g/mol. The van der Waals surface area contributed by atoms with Gasteiger partial charge in [-0.05, 0) is 20.3 Å². The number of aromatic amines is 1. The first-order valence-corrected chi connectivity index (χ1v) is 6.99. The molecule has 1 atom stereocenters. The van der Waals surface area contributed by atoms with Crippen LogP contribution in [0.25, 0.3) is 0 Å². The maximum absolute atomic E-state index is 11.8. The van der Waals surface area contributed by atoms with Gasteiger partial charge in [-0.2, -0.15) is 0 Å². The molecule has 0 radical (unpaired) electrons. The van der Waals surface area contributed by atoms with Crippen molar-refractivity contribution in [1.29, 1.82) is 0 Å². The van der Waals surface area contributed by atoms with Gasteiger partial charge in [-0.25, -0.2) is 4.79 Å². The molecule has 1 rings (SSSR count). The average Bonchev–Trinajstić information content (AvgIpc) is 2.38. The summed E-state index contributed by atoms with van der Waals surface area (Å²) in [6, 6.07) is 0. The van der Waals surface area contributed by atoms with Gasteiger partial charge in [0.15, 0.2) is 0 Å². The highest BCUT2D eigenvalue weighted by Crippen LogP contribution is 2.11. The van der Waals surface area contributed by atoms with Crippen molar-refractivity contribution in [3.8, 4) is 0 Å². The van der Waals surface area contributed by atoms with Crippen LogP contribution in [0.15, 0.2) is 9.59 Å². The summed E-state index contributed by atoms with van der Waals surface area (Å²) in [5, 5.41) is 2.96. The molecule has 1 heterocycles. The van der Waals surface area contributed by atoms with Crippen LogP contribution in [0, 0.1) is 0 Å². The van der Waals surface area contributed by atoms with E-state index in [4.69, 9.17) is 10.5 Å². The number of anilines is 2. The van der Waals surface area contributed by atoms with Crippen LogP contribution in [0.4, 0.5) is 11.5 Å². The van der Waals surface area contributed by atoms with Crippen LogP contribution in [-0.2, 0) is 11.3 Å². The minimum Gasteiger partial charge on any atom is -0.383 e. The van der Waals surface area contributed by atoms with Gasteiger partial charge in [0, 0.05) is 19.7 Å². The summed E-state index contributed by atoms with van der Waals surface area (Å²) >= 11 is 0. The normalized spacial score (nSPS) is 12.3. The monoisotopic (exact) mass is 284 g/mol. The lowest BCUT2D eigenvalue weighted by molar-refractivity contribution is 0.0855. The molecule has 0 saturated carbocycles. The molecule has 0 aromatic carbocycles. The molecule has 1 aromatic rings. The number of nitrogen functional groups attached to an aromatic ring is 1. The second-order valence-corrected chi connectivity index (χ2v) is 4.67. The van der Waals surface area contributed by atoms with Crippen molar-refractivity contribution >= 4 is 11.5 Å². The maximum atomic E-state index is 11.8. The van der Waals surface area contributed by atoms with E-state index < -0.39 is 11.2 Å². The lowest BCUT2D eigenvalue weighted by Gasteiger charge is -2.16. The van der Waals surface area contributed by atoms with Gasteiger partial charge in [0.25, 0.3) is 5.56 Å². The number of rotatable bonds is 8. The van der Waals surface area contributed by atoms with Gasteiger partial charge in [0.2, 0.25) is 0 Å². The molecule has 0 amide bonds. The molecule has 20 heavy (non-hydrogen) atoms. The number of nitrogens with zero attached hydrogens (tertiary/aromatic N) is 1. The molecule has 0 aliphatic rings. The Hall–Kier alpha value is -1.76. The number of aromatic nitrogens is 2. The van der Waals surface area contributed by atoms with Gasteiger partial charge in [-0.1, -0.05) is 13.3 Å². The number of nitrogens with one attached hydrogen (secondary N) is 2. The van der Waals surface area contributed by atoms with Gasteiger partial charge in [-0.3, -0.25) is 14.3 Å². The smallest absolute Gasteiger partial charge is 0.330 e. The quantitative estimate of drug-likeness (QED) is 0.654. The van der Waals surface area contributed by atoms with Gasteiger partial charge in [-0.15, -0.1) is 0 Å². The largest absolute Gasteiger partial charge is 0.383 e. The van der Waals surface area contributed by atoms with E-state index >= 15 is 0 Å². The van der Waals surface area contributed by atoms with Gasteiger partial charge >= 0.3 is 5.69 Å². The molecule has 114 valence electrons. The van der Waals surface area contributed by atoms with Crippen LogP contribution in [-0.4, -0.2) is 28.8 Å². The zero-order valence-electron chi connectivity index (χ0n) is 12.4. The van der Waals surface area contributed by atoms with Crippen LogP contribution < -0.4 is 22.3 Å². The van der Waals surface area contributed by atoms with E-state index in [1.54, 1.807) is 0 Å². The molecule has 7 nitrogen and oxygen atoms in total. The molecule has 0 spiro atoms. The molecular weight excluding hydrogens is 260 g/mol. The lowest BCUT2D eigenvalue weighted by Crippen LogP contribution is -2.35. The number of hydrogen-bond donors (Lipinski definition) is 3. The maximum Gasteiger partial charge on any atom is 0.330 e. The molecule has 0 fully saturated rings. The number of ether oxygens (including phenoxy) is 1. The predicted molar refractivity (Wildman–Crippen MR) is 80.2 cm³/mol. The summed E-state index contributed by atoms with van der Waals surface area (Å²) in [5.41, 5.74) is 5.19. The number of unbranched alkanes of at least 4 members (excludes halogenated alkanes) is 1. The predicted octanol–water partition coefficient (Wildman–Crippen LogP) is 0.756. The minimum atomic E-state index is -0.496. The Morgan fingerprint density at radius 3 is 2.70 bits per heavy atom. The van der Waals surface area contributed by atoms with E-state index in [9.17, 15) is 9.59 Å². The van der Waals surface area contributed by atoms with Crippen molar-refractivity contribution in [2.45, 2.75) is 46.3 Å². The highest BCUT2D eigenvalue weighted by Gasteiger charge is 2.12. The fourth-order valence-corrected chi connectivity index (χ4v) is 1.89. The molecule has 1 unspecified atom stereocenters. The number of hydrogen-bond acceptors (Lipinski definition) is 5. The topological polar surface area (TPSA) is 102 Å². The standard InChI is InChI=1S/C13H24N4O3/c1-4-6-7-17-11(14)10(12(18)16-13(17)19)15-8-9(3)20-5-2/h9,15H,4-8,14H2,1-3H3,(H,16,18,19). The zero-order valence-corrected chi connectivity index (χ0v) is 12.4. The van der Waals surface area contributed by atoms with E-state index in [1.807, 2.05) is 20.8 Å². The highest BCUT2D eigenvalue weighted by atomic mass is 16.5. The molecule has 7 heteroatoms. The Labute approximate surface area is 118 Å². The van der Waals surface area contributed by atoms with E-state index in [0.29, 0.717) is 19.7 Å². The van der Waals surface area contributed by atoms with Crippen LogP contribution in [0.2, 0.25) is 0 Å². The van der Waals surface area contributed by atoms with Gasteiger partial charge < -0.3 is 15.8 Å². The molecule has 1 aromatic heterocycles. The second kappa shape index (κ2) is 7.74. The van der Waals surface area contributed by atoms with Crippen LogP contribution >= 0.6 is 0 Å². The second-order valence-electron chi connectivity index (χ2n) is 4.67. The molecule has 0 aliphatic heterocycles. The Morgan fingerprint density at radius 2 is 2.10 bits per heavy atom. The Morgan fingerprint density at radius 1 is 1.40 bits per heavy atom. The summed E-state index contributed by atoms with van der Waals surface area (Å²) in [6.07, 6.45) is 1.72.